The molecule has 17 heavy (non-hydrogen) atoms. The van der Waals surface area contributed by atoms with Crippen molar-refractivity contribution in [3.63, 3.8) is 0 Å². The summed E-state index contributed by atoms with van der Waals surface area (Å²) in [6.07, 6.45) is 6.72. The first-order valence-corrected chi connectivity index (χ1v) is 9.41. The van der Waals surface area contributed by atoms with Crippen LogP contribution < -0.4 is 5.32 Å². The van der Waals surface area contributed by atoms with Crippen LogP contribution >= 0.6 is 11.8 Å². The van der Waals surface area contributed by atoms with E-state index in [4.69, 9.17) is 0 Å². The van der Waals surface area contributed by atoms with Crippen LogP contribution in [0.4, 0.5) is 0 Å². The van der Waals surface area contributed by atoms with Crippen LogP contribution in [0.1, 0.15) is 26.2 Å². The molecule has 0 aromatic rings. The Hall–Kier alpha value is 0.220. The van der Waals surface area contributed by atoms with Crippen LogP contribution in [0.25, 0.3) is 0 Å². The molecular formula is C11H26N2O2S2. The number of nitrogens with zero attached hydrogens (tertiary/aromatic N) is 1. The summed E-state index contributed by atoms with van der Waals surface area (Å²) in [6, 6.07) is 0. The fourth-order valence-corrected chi connectivity index (χ4v) is 2.98. The van der Waals surface area contributed by atoms with Gasteiger partial charge in [-0.25, -0.2) is 12.7 Å². The van der Waals surface area contributed by atoms with Crippen LogP contribution in [0, 0.1) is 0 Å². The summed E-state index contributed by atoms with van der Waals surface area (Å²) in [7, 11) is -3.02. The van der Waals surface area contributed by atoms with Gasteiger partial charge in [0.2, 0.25) is 10.0 Å². The number of thioether (sulfide) groups is 1. The molecule has 104 valence electrons. The molecule has 1 N–H and O–H groups in total. The third-order valence-electron chi connectivity index (χ3n) is 2.53. The minimum absolute atomic E-state index is 0.562. The first-order chi connectivity index (χ1) is 8.02. The van der Waals surface area contributed by atoms with Crippen molar-refractivity contribution in [3.8, 4) is 0 Å². The smallest absolute Gasteiger partial charge is 0.211 e. The lowest BCUT2D eigenvalue weighted by Crippen LogP contribution is -2.32. The van der Waals surface area contributed by atoms with Gasteiger partial charge in [-0.1, -0.05) is 6.92 Å². The molecule has 0 aromatic heterocycles. The highest BCUT2D eigenvalue weighted by atomic mass is 32.2. The average molecular weight is 282 g/mol. The van der Waals surface area contributed by atoms with E-state index in [1.807, 2.05) is 18.7 Å². The van der Waals surface area contributed by atoms with E-state index in [2.05, 4.69) is 11.6 Å². The molecule has 6 heteroatoms. The van der Waals surface area contributed by atoms with E-state index in [1.54, 1.807) is 0 Å². The van der Waals surface area contributed by atoms with Gasteiger partial charge in [-0.2, -0.15) is 11.8 Å². The molecular weight excluding hydrogens is 256 g/mol. The fraction of sp³-hybridized carbons (Fsp3) is 1.00. The zero-order chi connectivity index (χ0) is 13.1. The van der Waals surface area contributed by atoms with Crippen LogP contribution in [0.3, 0.4) is 0 Å². The quantitative estimate of drug-likeness (QED) is 0.582. The molecule has 0 aliphatic rings. The molecule has 0 aliphatic heterocycles. The Morgan fingerprint density at radius 3 is 2.35 bits per heavy atom. The molecule has 0 aliphatic carbocycles. The van der Waals surface area contributed by atoms with Gasteiger partial charge in [0, 0.05) is 13.1 Å². The topological polar surface area (TPSA) is 49.4 Å². The molecule has 0 fully saturated rings. The molecule has 0 rings (SSSR count). The van der Waals surface area contributed by atoms with Crippen molar-refractivity contribution in [2.45, 2.75) is 26.2 Å². The summed E-state index contributed by atoms with van der Waals surface area (Å²) in [6.45, 7) is 4.98. The third kappa shape index (κ3) is 9.88. The molecule has 0 heterocycles. The van der Waals surface area contributed by atoms with Gasteiger partial charge in [-0.3, -0.25) is 0 Å². The van der Waals surface area contributed by atoms with Crippen molar-refractivity contribution in [1.82, 2.24) is 9.62 Å². The Labute approximate surface area is 111 Å². The molecule has 4 nitrogen and oxygen atoms in total. The first-order valence-electron chi connectivity index (χ1n) is 6.17. The largest absolute Gasteiger partial charge is 0.317 e. The second-order valence-corrected chi connectivity index (χ2v) is 7.03. The minimum Gasteiger partial charge on any atom is -0.317 e. The van der Waals surface area contributed by atoms with Gasteiger partial charge in [0.25, 0.3) is 0 Å². The van der Waals surface area contributed by atoms with E-state index in [9.17, 15) is 8.42 Å². The van der Waals surface area contributed by atoms with Crippen LogP contribution in [-0.2, 0) is 10.0 Å². The Kier molecular flexibility index (Phi) is 10.3. The van der Waals surface area contributed by atoms with E-state index in [0.29, 0.717) is 13.1 Å². The molecule has 0 atom stereocenters. The number of hydrogen-bond donors (Lipinski definition) is 1. The Bertz CT molecular complexity index is 269. The SMILES string of the molecule is CCN(CCCNCCCCSC)S(C)(=O)=O. The van der Waals surface area contributed by atoms with Crippen molar-refractivity contribution in [2.75, 3.05) is 44.4 Å². The molecule has 0 bridgehead atoms. The molecule has 0 saturated carbocycles. The maximum atomic E-state index is 11.3. The highest BCUT2D eigenvalue weighted by molar-refractivity contribution is 7.98. The van der Waals surface area contributed by atoms with Crippen LogP contribution in [0.15, 0.2) is 0 Å². The Morgan fingerprint density at radius 1 is 1.18 bits per heavy atom. The second kappa shape index (κ2) is 10.2. The molecule has 0 amide bonds. The summed E-state index contributed by atoms with van der Waals surface area (Å²) < 4.78 is 24.1. The Morgan fingerprint density at radius 2 is 1.82 bits per heavy atom. The second-order valence-electron chi connectivity index (χ2n) is 4.06. The maximum Gasteiger partial charge on any atom is 0.211 e. The van der Waals surface area contributed by atoms with E-state index in [-0.39, 0.29) is 0 Å². The van der Waals surface area contributed by atoms with Gasteiger partial charge in [0.05, 0.1) is 6.26 Å². The zero-order valence-corrected chi connectivity index (χ0v) is 12.9. The lowest BCUT2D eigenvalue weighted by Gasteiger charge is -2.17. The van der Waals surface area contributed by atoms with Crippen LogP contribution in [-0.4, -0.2) is 57.2 Å². The molecule has 0 spiro atoms. The summed E-state index contributed by atoms with van der Waals surface area (Å²) in [5, 5.41) is 3.34. The van der Waals surface area contributed by atoms with Gasteiger partial charge in [-0.15, -0.1) is 0 Å². The molecule has 0 radical (unpaired) electrons. The zero-order valence-electron chi connectivity index (χ0n) is 11.2. The van der Waals surface area contributed by atoms with Crippen LogP contribution in [0.2, 0.25) is 0 Å². The number of hydrogen-bond acceptors (Lipinski definition) is 4. The third-order valence-corrected chi connectivity index (χ3v) is 4.61. The predicted molar refractivity (Wildman–Crippen MR) is 77.2 cm³/mol. The van der Waals surface area contributed by atoms with E-state index in [1.165, 1.54) is 29.2 Å². The number of nitrogens with one attached hydrogen (secondary N) is 1. The standard InChI is InChI=1S/C11H26N2O2S2/c1-4-13(17(3,14)15)10-7-9-12-8-5-6-11-16-2/h12H,4-11H2,1-3H3. The number of rotatable bonds is 11. The highest BCUT2D eigenvalue weighted by Gasteiger charge is 2.12. The lowest BCUT2D eigenvalue weighted by atomic mass is 10.3. The molecule has 0 unspecified atom stereocenters. The number of unbranched alkanes of at least 4 members (excludes halogenated alkanes) is 1. The summed E-state index contributed by atoms with van der Waals surface area (Å²) in [5.41, 5.74) is 0. The fourth-order valence-electron chi connectivity index (χ4n) is 1.56. The van der Waals surface area contributed by atoms with E-state index < -0.39 is 10.0 Å². The number of sulfonamides is 1. The normalized spacial score (nSPS) is 12.2. The first kappa shape index (κ1) is 17.2. The molecule has 0 saturated heterocycles. The van der Waals surface area contributed by atoms with Crippen molar-refractivity contribution < 1.29 is 8.42 Å². The predicted octanol–water partition coefficient (Wildman–Crippen LogP) is 1.39. The van der Waals surface area contributed by atoms with Crippen molar-refractivity contribution >= 4 is 21.8 Å². The average Bonchev–Trinajstić information content (AvgIpc) is 2.25. The van der Waals surface area contributed by atoms with Gasteiger partial charge in [-0.05, 0) is 44.4 Å². The summed E-state index contributed by atoms with van der Waals surface area (Å²) in [4.78, 5) is 0. The van der Waals surface area contributed by atoms with Crippen molar-refractivity contribution in [1.29, 1.82) is 0 Å². The summed E-state index contributed by atoms with van der Waals surface area (Å²) in [5.74, 6) is 1.22. The van der Waals surface area contributed by atoms with Gasteiger partial charge in [0.15, 0.2) is 0 Å². The van der Waals surface area contributed by atoms with Crippen molar-refractivity contribution in [2.24, 2.45) is 0 Å². The monoisotopic (exact) mass is 282 g/mol. The maximum absolute atomic E-state index is 11.3. The van der Waals surface area contributed by atoms with Crippen molar-refractivity contribution in [3.05, 3.63) is 0 Å². The van der Waals surface area contributed by atoms with Gasteiger partial charge >= 0.3 is 0 Å². The van der Waals surface area contributed by atoms with Crippen LogP contribution in [0.5, 0.6) is 0 Å². The van der Waals surface area contributed by atoms with E-state index >= 15 is 0 Å². The lowest BCUT2D eigenvalue weighted by molar-refractivity contribution is 0.419. The summed E-state index contributed by atoms with van der Waals surface area (Å²) >= 11 is 1.88. The molecule has 0 aromatic carbocycles. The minimum atomic E-state index is -3.02. The van der Waals surface area contributed by atoms with Gasteiger partial charge in [0.1, 0.15) is 0 Å². The Balaban J connectivity index is 3.44. The highest BCUT2D eigenvalue weighted by Crippen LogP contribution is 1.99. The van der Waals surface area contributed by atoms with E-state index in [0.717, 1.165) is 19.5 Å². The van der Waals surface area contributed by atoms with Gasteiger partial charge < -0.3 is 5.32 Å².